The molecule has 10 heteroatoms. The molecule has 1 unspecified atom stereocenters. The number of hydrogen-bond acceptors (Lipinski definition) is 8. The van der Waals surface area contributed by atoms with Gasteiger partial charge in [0, 0.05) is 40.6 Å². The second-order valence-corrected chi connectivity index (χ2v) is 8.99. The van der Waals surface area contributed by atoms with Gasteiger partial charge in [0.15, 0.2) is 0 Å². The highest BCUT2D eigenvalue weighted by atomic mass is 16.5. The molecule has 1 aromatic carbocycles. The first-order chi connectivity index (χ1) is 16.4. The van der Waals surface area contributed by atoms with Gasteiger partial charge in [-0.05, 0) is 45.7 Å². The molecule has 0 radical (unpaired) electrons. The molecule has 176 valence electrons. The molecule has 1 fully saturated rings. The summed E-state index contributed by atoms with van der Waals surface area (Å²) >= 11 is 0. The summed E-state index contributed by atoms with van der Waals surface area (Å²) in [4.78, 5) is 9.96. The van der Waals surface area contributed by atoms with Crippen LogP contribution in [0.5, 0.6) is 5.75 Å². The number of hydrogen-bond donors (Lipinski definition) is 3. The number of guanidine groups is 1. The average Bonchev–Trinajstić information content (AvgIpc) is 3.36. The number of aliphatic imine (C=N–C) groups is 1. The van der Waals surface area contributed by atoms with Crippen LogP contribution in [-0.2, 0) is 6.54 Å². The lowest BCUT2D eigenvalue weighted by atomic mass is 9.99. The van der Waals surface area contributed by atoms with Crippen molar-refractivity contribution in [3.05, 3.63) is 40.9 Å². The van der Waals surface area contributed by atoms with Gasteiger partial charge in [0.2, 0.25) is 5.96 Å². The van der Waals surface area contributed by atoms with E-state index >= 15 is 0 Å². The largest absolute Gasteiger partial charge is 0.496 e. The van der Waals surface area contributed by atoms with Crippen LogP contribution < -0.4 is 21.1 Å². The molecule has 34 heavy (non-hydrogen) atoms. The Morgan fingerprint density at radius 1 is 1.24 bits per heavy atom. The van der Waals surface area contributed by atoms with E-state index in [9.17, 15) is 0 Å². The first-order valence-electron chi connectivity index (χ1n) is 11.5. The Morgan fingerprint density at radius 3 is 2.68 bits per heavy atom. The minimum Gasteiger partial charge on any atom is -0.496 e. The van der Waals surface area contributed by atoms with Crippen LogP contribution in [0.15, 0.2) is 27.7 Å². The summed E-state index contributed by atoms with van der Waals surface area (Å²) in [6.07, 6.45) is 1.82. The van der Waals surface area contributed by atoms with Gasteiger partial charge >= 0.3 is 0 Å². The maximum Gasteiger partial charge on any atom is 0.205 e. The molecule has 1 atom stereocenters. The van der Waals surface area contributed by atoms with Crippen LogP contribution >= 0.6 is 0 Å². The fraction of sp³-hybridized carbons (Fsp3) is 0.375. The molecule has 10 nitrogen and oxygen atoms in total. The SMILES string of the molecule is CCn1nc(C2CC2)cc1N1C(N)=Nc2[nH]c3cc(-c4c(C)noc4C)c(OC)cc3c2C1N. The number of methoxy groups -OCH3 is 1. The number of anilines is 1. The van der Waals surface area contributed by atoms with Gasteiger partial charge in [0.05, 0.1) is 24.1 Å². The monoisotopic (exact) mass is 460 g/mol. The average molecular weight is 461 g/mol. The molecule has 0 spiro atoms. The molecule has 4 aromatic rings. The smallest absolute Gasteiger partial charge is 0.205 e. The van der Waals surface area contributed by atoms with Crippen molar-refractivity contribution in [1.82, 2.24) is 19.9 Å². The minimum atomic E-state index is -0.537. The Hall–Kier alpha value is -3.79. The number of rotatable bonds is 5. The highest BCUT2D eigenvalue weighted by Gasteiger charge is 2.35. The molecule has 3 aromatic heterocycles. The van der Waals surface area contributed by atoms with E-state index in [1.165, 1.54) is 12.8 Å². The van der Waals surface area contributed by atoms with Crippen molar-refractivity contribution in [2.24, 2.45) is 16.5 Å². The summed E-state index contributed by atoms with van der Waals surface area (Å²) in [7, 11) is 1.66. The summed E-state index contributed by atoms with van der Waals surface area (Å²) in [5.74, 6) is 3.81. The first-order valence-corrected chi connectivity index (χ1v) is 11.5. The molecule has 1 saturated carbocycles. The summed E-state index contributed by atoms with van der Waals surface area (Å²) in [5.41, 5.74) is 18.8. The van der Waals surface area contributed by atoms with E-state index in [2.05, 4.69) is 23.1 Å². The van der Waals surface area contributed by atoms with Crippen molar-refractivity contribution in [2.45, 2.75) is 52.2 Å². The van der Waals surface area contributed by atoms with E-state index < -0.39 is 6.17 Å². The highest BCUT2D eigenvalue weighted by molar-refractivity contribution is 6.03. The Morgan fingerprint density at radius 2 is 2.03 bits per heavy atom. The lowest BCUT2D eigenvalue weighted by molar-refractivity contribution is 0.393. The molecule has 0 bridgehead atoms. The molecular formula is C24H28N8O2. The van der Waals surface area contributed by atoms with E-state index in [4.69, 9.17) is 30.8 Å². The number of aromatic amines is 1. The topological polar surface area (TPSA) is 137 Å². The van der Waals surface area contributed by atoms with Crippen molar-refractivity contribution < 1.29 is 9.26 Å². The highest BCUT2D eigenvalue weighted by Crippen LogP contribution is 2.45. The van der Waals surface area contributed by atoms with Gasteiger partial charge in [-0.25, -0.2) is 4.68 Å². The summed E-state index contributed by atoms with van der Waals surface area (Å²) in [6, 6.07) is 6.12. The second-order valence-electron chi connectivity index (χ2n) is 8.99. The predicted octanol–water partition coefficient (Wildman–Crippen LogP) is 3.97. The molecule has 5 N–H and O–H groups in total. The maximum absolute atomic E-state index is 6.86. The lowest BCUT2D eigenvalue weighted by Crippen LogP contribution is -2.46. The molecule has 1 aliphatic carbocycles. The molecular weight excluding hydrogens is 432 g/mol. The quantitative estimate of drug-likeness (QED) is 0.410. The summed E-state index contributed by atoms with van der Waals surface area (Å²) in [5, 5.41) is 9.82. The van der Waals surface area contributed by atoms with E-state index in [1.807, 2.05) is 35.6 Å². The zero-order valence-electron chi connectivity index (χ0n) is 19.7. The number of nitrogens with two attached hydrogens (primary N) is 2. The minimum absolute atomic E-state index is 0.335. The number of fused-ring (bicyclic) bond motifs is 3. The van der Waals surface area contributed by atoms with Crippen LogP contribution in [0.4, 0.5) is 11.6 Å². The van der Waals surface area contributed by atoms with Crippen LogP contribution in [-0.4, -0.2) is 33.0 Å². The van der Waals surface area contributed by atoms with Crippen LogP contribution in [0.25, 0.3) is 22.0 Å². The van der Waals surface area contributed by atoms with Crippen molar-refractivity contribution in [1.29, 1.82) is 0 Å². The predicted molar refractivity (Wildman–Crippen MR) is 130 cm³/mol. The Bertz CT molecular complexity index is 1440. The summed E-state index contributed by atoms with van der Waals surface area (Å²) in [6.45, 7) is 6.59. The van der Waals surface area contributed by atoms with Gasteiger partial charge in [-0.15, -0.1) is 0 Å². The third kappa shape index (κ3) is 2.95. The van der Waals surface area contributed by atoms with Gasteiger partial charge in [0.1, 0.15) is 29.3 Å². The van der Waals surface area contributed by atoms with E-state index in [-0.39, 0.29) is 0 Å². The van der Waals surface area contributed by atoms with Crippen LogP contribution in [0, 0.1) is 13.8 Å². The fourth-order valence-electron chi connectivity index (χ4n) is 4.98. The number of nitrogens with zero attached hydrogens (tertiary/aromatic N) is 5. The number of aryl methyl sites for hydroxylation is 3. The Balaban J connectivity index is 1.50. The van der Waals surface area contributed by atoms with Crippen molar-refractivity contribution in [3.8, 4) is 16.9 Å². The standard InChI is InChI=1S/C24H28N8O2/c1-5-31-19(10-16(29-31)13-6-7-13)32-22(25)21-14-9-18(33-4)15(20-11(2)30-34-12(20)3)8-17(14)27-23(21)28-24(32)26/h8-10,13,22,27H,5-7,25H2,1-4H3,(H2,26,28). The van der Waals surface area contributed by atoms with Crippen LogP contribution in [0.1, 0.15) is 54.6 Å². The lowest BCUT2D eigenvalue weighted by Gasteiger charge is -2.32. The second kappa shape index (κ2) is 7.36. The number of nitrogens with one attached hydrogen (secondary N) is 1. The third-order valence-electron chi connectivity index (χ3n) is 6.81. The van der Waals surface area contributed by atoms with Crippen molar-refractivity contribution >= 4 is 28.5 Å². The third-order valence-corrected chi connectivity index (χ3v) is 6.81. The summed E-state index contributed by atoms with van der Waals surface area (Å²) < 4.78 is 13.1. The fourth-order valence-corrected chi connectivity index (χ4v) is 4.98. The van der Waals surface area contributed by atoms with Gasteiger partial charge in [-0.3, -0.25) is 4.90 Å². The number of H-pyrrole nitrogens is 1. The number of ether oxygens (including phenoxy) is 1. The molecule has 2 aliphatic rings. The zero-order valence-corrected chi connectivity index (χ0v) is 19.7. The molecule has 4 heterocycles. The van der Waals surface area contributed by atoms with Crippen molar-refractivity contribution in [3.63, 3.8) is 0 Å². The normalized spacial score (nSPS) is 17.9. The van der Waals surface area contributed by atoms with E-state index in [1.54, 1.807) is 7.11 Å². The van der Waals surface area contributed by atoms with E-state index in [0.29, 0.717) is 30.0 Å². The Labute approximate surface area is 196 Å². The maximum atomic E-state index is 6.86. The van der Waals surface area contributed by atoms with Crippen LogP contribution in [0.3, 0.4) is 0 Å². The number of benzene rings is 1. The van der Waals surface area contributed by atoms with E-state index in [0.717, 1.165) is 50.6 Å². The molecule has 0 amide bonds. The van der Waals surface area contributed by atoms with Crippen LogP contribution in [0.2, 0.25) is 0 Å². The van der Waals surface area contributed by atoms with Gasteiger partial charge in [0.25, 0.3) is 0 Å². The molecule has 6 rings (SSSR count). The van der Waals surface area contributed by atoms with Gasteiger partial charge in [-0.2, -0.15) is 10.1 Å². The number of aromatic nitrogens is 4. The first kappa shape index (κ1) is 20.8. The molecule has 0 saturated heterocycles. The van der Waals surface area contributed by atoms with Crippen molar-refractivity contribution in [2.75, 3.05) is 12.0 Å². The van der Waals surface area contributed by atoms with Gasteiger partial charge < -0.3 is 25.7 Å². The zero-order chi connectivity index (χ0) is 23.7. The Kier molecular flexibility index (Phi) is 4.50. The van der Waals surface area contributed by atoms with Gasteiger partial charge in [-0.1, -0.05) is 5.16 Å². The molecule has 1 aliphatic heterocycles.